The third-order valence-electron chi connectivity index (χ3n) is 4.94. The molecule has 0 saturated carbocycles. The van der Waals surface area contributed by atoms with Crippen molar-refractivity contribution in [2.75, 3.05) is 0 Å². The maximum atomic E-state index is 14.5. The molecule has 7 heteroatoms. The second-order valence-electron chi connectivity index (χ2n) is 7.60. The van der Waals surface area contributed by atoms with Crippen molar-refractivity contribution >= 4 is 11.6 Å². The molecule has 0 bridgehead atoms. The van der Waals surface area contributed by atoms with Crippen molar-refractivity contribution in [2.45, 2.75) is 40.7 Å². The standard InChI is InChI=1S/C26H28FN5O/c1-5-7-9-24(27)23(8-6-2)22-16-31-32(17-22)26(33)30-15-20-12-18(3)25(29-14-20)21-10-11-28-19(4)13-21/h6-14,16-17H,5,15H2,1-4H3,(H,30,33)/b8-6-,9-7+,24-23-. The lowest BCUT2D eigenvalue weighted by Gasteiger charge is -2.09. The normalized spacial score (nSPS) is 12.4. The molecule has 3 aromatic heterocycles. The Hall–Kier alpha value is -3.87. The van der Waals surface area contributed by atoms with Crippen LogP contribution < -0.4 is 5.32 Å². The Balaban J connectivity index is 1.71. The van der Waals surface area contributed by atoms with Gasteiger partial charge in [0, 0.05) is 47.5 Å². The highest BCUT2D eigenvalue weighted by atomic mass is 19.1. The van der Waals surface area contributed by atoms with Crippen LogP contribution in [0.25, 0.3) is 16.8 Å². The summed E-state index contributed by atoms with van der Waals surface area (Å²) in [6.07, 6.45) is 13.8. The SMILES string of the molecule is C\C=C/C(=C(F)\C=C\CC)c1cnn(C(=O)NCc2cnc(-c3ccnc(C)c3)c(C)c2)c1. The maximum Gasteiger partial charge on any atom is 0.342 e. The lowest BCUT2D eigenvalue weighted by molar-refractivity contribution is 0.239. The topological polar surface area (TPSA) is 72.7 Å². The molecule has 0 aliphatic heterocycles. The van der Waals surface area contributed by atoms with Crippen LogP contribution in [0.4, 0.5) is 9.18 Å². The Morgan fingerprint density at radius 1 is 1.18 bits per heavy atom. The molecule has 3 aromatic rings. The Labute approximate surface area is 193 Å². The number of allylic oxidation sites excluding steroid dienone is 6. The summed E-state index contributed by atoms with van der Waals surface area (Å²) in [7, 11) is 0. The fraction of sp³-hybridized carbons (Fsp3) is 0.231. The third kappa shape index (κ3) is 6.10. The average Bonchev–Trinajstić information content (AvgIpc) is 3.29. The lowest BCUT2D eigenvalue weighted by atomic mass is 10.1. The van der Waals surface area contributed by atoms with Gasteiger partial charge in [-0.2, -0.15) is 9.78 Å². The van der Waals surface area contributed by atoms with E-state index in [0.29, 0.717) is 17.7 Å². The van der Waals surface area contributed by atoms with Crippen LogP contribution in [-0.4, -0.2) is 25.8 Å². The molecule has 6 nitrogen and oxygen atoms in total. The van der Waals surface area contributed by atoms with Gasteiger partial charge in [-0.3, -0.25) is 9.97 Å². The number of aromatic nitrogens is 4. The van der Waals surface area contributed by atoms with Crippen LogP contribution in [0.2, 0.25) is 0 Å². The maximum absolute atomic E-state index is 14.5. The largest absolute Gasteiger partial charge is 0.342 e. The second-order valence-corrected chi connectivity index (χ2v) is 7.60. The number of pyridine rings is 2. The molecule has 0 aromatic carbocycles. The zero-order valence-corrected chi connectivity index (χ0v) is 19.3. The summed E-state index contributed by atoms with van der Waals surface area (Å²) in [5.41, 5.74) is 5.59. The summed E-state index contributed by atoms with van der Waals surface area (Å²) in [6, 6.07) is 5.51. The van der Waals surface area contributed by atoms with Crippen molar-refractivity contribution in [1.82, 2.24) is 25.1 Å². The van der Waals surface area contributed by atoms with E-state index < -0.39 is 6.03 Å². The van der Waals surface area contributed by atoms with E-state index in [4.69, 9.17) is 0 Å². The highest BCUT2D eigenvalue weighted by Gasteiger charge is 2.12. The summed E-state index contributed by atoms with van der Waals surface area (Å²) in [5, 5.41) is 6.93. The minimum Gasteiger partial charge on any atom is -0.332 e. The monoisotopic (exact) mass is 445 g/mol. The van der Waals surface area contributed by atoms with Crippen LogP contribution >= 0.6 is 0 Å². The van der Waals surface area contributed by atoms with Gasteiger partial charge in [-0.1, -0.05) is 31.2 Å². The Morgan fingerprint density at radius 3 is 2.70 bits per heavy atom. The van der Waals surface area contributed by atoms with Crippen molar-refractivity contribution < 1.29 is 9.18 Å². The zero-order valence-electron chi connectivity index (χ0n) is 19.3. The quantitative estimate of drug-likeness (QED) is 0.457. The van der Waals surface area contributed by atoms with Crippen molar-refractivity contribution in [3.8, 4) is 11.3 Å². The number of hydrogen-bond acceptors (Lipinski definition) is 4. The van der Waals surface area contributed by atoms with E-state index in [2.05, 4.69) is 20.4 Å². The van der Waals surface area contributed by atoms with Crippen LogP contribution in [0.5, 0.6) is 0 Å². The Kier molecular flexibility index (Phi) is 8.02. The highest BCUT2D eigenvalue weighted by Crippen LogP contribution is 2.23. The number of carbonyl (C=O) groups excluding carboxylic acids is 1. The van der Waals surface area contributed by atoms with Gasteiger partial charge in [-0.25, -0.2) is 9.18 Å². The van der Waals surface area contributed by atoms with Gasteiger partial charge in [-0.05, 0) is 56.5 Å². The second kappa shape index (κ2) is 11.1. The van der Waals surface area contributed by atoms with Gasteiger partial charge >= 0.3 is 6.03 Å². The molecular weight excluding hydrogens is 417 g/mol. The van der Waals surface area contributed by atoms with Crippen LogP contribution in [0, 0.1) is 13.8 Å². The molecule has 0 spiro atoms. The molecule has 0 aliphatic rings. The first-order valence-electron chi connectivity index (χ1n) is 10.8. The molecule has 0 fully saturated rings. The smallest absolute Gasteiger partial charge is 0.332 e. The van der Waals surface area contributed by atoms with E-state index in [1.54, 1.807) is 30.6 Å². The van der Waals surface area contributed by atoms with E-state index in [1.165, 1.54) is 23.2 Å². The Morgan fingerprint density at radius 2 is 2.00 bits per heavy atom. The molecule has 3 rings (SSSR count). The molecule has 33 heavy (non-hydrogen) atoms. The van der Waals surface area contributed by atoms with Crippen LogP contribution in [0.1, 0.15) is 42.7 Å². The summed E-state index contributed by atoms with van der Waals surface area (Å²) >= 11 is 0. The number of nitrogens with zero attached hydrogens (tertiary/aromatic N) is 4. The van der Waals surface area contributed by atoms with Gasteiger partial charge in [0.1, 0.15) is 5.83 Å². The molecule has 3 heterocycles. The summed E-state index contributed by atoms with van der Waals surface area (Å²) in [6.45, 7) is 7.97. The molecule has 170 valence electrons. The summed E-state index contributed by atoms with van der Waals surface area (Å²) in [5.74, 6) is -0.374. The lowest BCUT2D eigenvalue weighted by Crippen LogP contribution is -2.28. The van der Waals surface area contributed by atoms with E-state index >= 15 is 0 Å². The van der Waals surface area contributed by atoms with Crippen LogP contribution in [0.3, 0.4) is 0 Å². The van der Waals surface area contributed by atoms with E-state index in [-0.39, 0.29) is 5.83 Å². The number of hydrogen-bond donors (Lipinski definition) is 1. The molecule has 1 N–H and O–H groups in total. The summed E-state index contributed by atoms with van der Waals surface area (Å²) < 4.78 is 15.7. The fourth-order valence-electron chi connectivity index (χ4n) is 3.35. The van der Waals surface area contributed by atoms with Gasteiger partial charge in [0.25, 0.3) is 0 Å². The van der Waals surface area contributed by atoms with Crippen molar-refractivity contribution in [1.29, 1.82) is 0 Å². The molecule has 0 saturated heterocycles. The average molecular weight is 446 g/mol. The first-order chi connectivity index (χ1) is 15.9. The van der Waals surface area contributed by atoms with Crippen molar-refractivity contribution in [3.63, 3.8) is 0 Å². The minimum atomic E-state index is -0.405. The molecular formula is C26H28FN5O. The van der Waals surface area contributed by atoms with Gasteiger partial charge in [0.2, 0.25) is 0 Å². The number of nitrogens with one attached hydrogen (secondary N) is 1. The van der Waals surface area contributed by atoms with Gasteiger partial charge < -0.3 is 5.32 Å². The van der Waals surface area contributed by atoms with Crippen molar-refractivity contribution in [3.05, 3.63) is 95.5 Å². The number of aryl methyl sites for hydroxylation is 2. The Bertz CT molecular complexity index is 1220. The van der Waals surface area contributed by atoms with E-state index in [0.717, 1.165) is 34.5 Å². The van der Waals surface area contributed by atoms with Gasteiger partial charge in [-0.15, -0.1) is 0 Å². The summed E-state index contributed by atoms with van der Waals surface area (Å²) in [4.78, 5) is 21.4. The predicted molar refractivity (Wildman–Crippen MR) is 129 cm³/mol. The third-order valence-corrected chi connectivity index (χ3v) is 4.94. The van der Waals surface area contributed by atoms with E-state index in [9.17, 15) is 9.18 Å². The fourth-order valence-corrected chi connectivity index (χ4v) is 3.35. The number of amides is 1. The molecule has 0 unspecified atom stereocenters. The van der Waals surface area contributed by atoms with Gasteiger partial charge in [0.15, 0.2) is 0 Å². The zero-order chi connectivity index (χ0) is 23.8. The first-order valence-corrected chi connectivity index (χ1v) is 10.8. The molecule has 0 radical (unpaired) electrons. The minimum absolute atomic E-state index is 0.294. The first kappa shape index (κ1) is 23.8. The van der Waals surface area contributed by atoms with Crippen LogP contribution in [-0.2, 0) is 6.54 Å². The van der Waals surface area contributed by atoms with Gasteiger partial charge in [0.05, 0.1) is 11.9 Å². The predicted octanol–water partition coefficient (Wildman–Crippen LogP) is 5.94. The van der Waals surface area contributed by atoms with Crippen molar-refractivity contribution in [2.24, 2.45) is 0 Å². The number of halogens is 1. The number of carbonyl (C=O) groups is 1. The number of rotatable bonds is 7. The van der Waals surface area contributed by atoms with E-state index in [1.807, 2.05) is 45.9 Å². The molecule has 0 aliphatic carbocycles. The molecule has 0 atom stereocenters. The molecule has 1 amide bonds. The van der Waals surface area contributed by atoms with Crippen LogP contribution in [0.15, 0.2) is 73.1 Å². The highest BCUT2D eigenvalue weighted by molar-refractivity contribution is 5.80.